The van der Waals surface area contributed by atoms with E-state index in [9.17, 15) is 9.59 Å². The number of aromatic amines is 1. The van der Waals surface area contributed by atoms with E-state index in [-0.39, 0.29) is 23.8 Å². The van der Waals surface area contributed by atoms with Gasteiger partial charge in [-0.15, -0.1) is 0 Å². The van der Waals surface area contributed by atoms with Crippen molar-refractivity contribution in [1.82, 2.24) is 25.4 Å². The average Bonchev–Trinajstić information content (AvgIpc) is 3.38. The maximum atomic E-state index is 14.5. The molecule has 3 aromatic rings. The van der Waals surface area contributed by atoms with E-state index in [1.165, 1.54) is 0 Å². The van der Waals surface area contributed by atoms with Crippen LogP contribution < -0.4 is 15.5 Å². The summed E-state index contributed by atoms with van der Waals surface area (Å²) in [5, 5.41) is 7.78. The molecule has 3 amide bonds. The first-order chi connectivity index (χ1) is 19.7. The van der Waals surface area contributed by atoms with Gasteiger partial charge in [-0.25, -0.2) is 4.79 Å². The Morgan fingerprint density at radius 3 is 2.63 bits per heavy atom. The van der Waals surface area contributed by atoms with Crippen LogP contribution >= 0.6 is 11.6 Å². The molecule has 1 aromatic heterocycles. The van der Waals surface area contributed by atoms with Crippen molar-refractivity contribution < 1.29 is 9.59 Å². The highest BCUT2D eigenvalue weighted by Gasteiger charge is 2.37. The van der Waals surface area contributed by atoms with Crippen molar-refractivity contribution in [2.45, 2.75) is 45.6 Å². The first-order valence-corrected chi connectivity index (χ1v) is 15.2. The molecule has 222 valence electrons. The number of benzene rings is 2. The topological polar surface area (TPSA) is 83.7 Å². The molecule has 1 aliphatic rings. The lowest BCUT2D eigenvalue weighted by molar-refractivity contribution is -0.121. The Balaban J connectivity index is 1.61. The van der Waals surface area contributed by atoms with Crippen LogP contribution in [0.5, 0.6) is 0 Å². The van der Waals surface area contributed by atoms with Gasteiger partial charge < -0.3 is 30.3 Å². The Bertz CT molecular complexity index is 1320. The third-order valence-corrected chi connectivity index (χ3v) is 8.40. The number of carbonyl (C=O) groups excluding carboxylic acids is 2. The molecule has 2 aromatic carbocycles. The van der Waals surface area contributed by atoms with Gasteiger partial charge >= 0.3 is 6.03 Å². The molecule has 0 fully saturated rings. The predicted molar refractivity (Wildman–Crippen MR) is 169 cm³/mol. The maximum Gasteiger partial charge on any atom is 0.315 e. The summed E-state index contributed by atoms with van der Waals surface area (Å²) in [6.45, 7) is 11.2. The molecule has 3 atom stereocenters. The number of para-hydroxylation sites is 1. The zero-order chi connectivity index (χ0) is 29.5. The Morgan fingerprint density at radius 1 is 1.15 bits per heavy atom. The largest absolute Gasteiger partial charge is 0.361 e. The van der Waals surface area contributed by atoms with Crippen molar-refractivity contribution in [2.75, 3.05) is 58.3 Å². The van der Waals surface area contributed by atoms with Gasteiger partial charge in [0.15, 0.2) is 0 Å². The van der Waals surface area contributed by atoms with E-state index in [4.69, 9.17) is 11.6 Å². The Kier molecular flexibility index (Phi) is 10.7. The fourth-order valence-corrected chi connectivity index (χ4v) is 6.21. The molecular weight excluding hydrogens is 536 g/mol. The van der Waals surface area contributed by atoms with E-state index < -0.39 is 6.04 Å². The van der Waals surface area contributed by atoms with Gasteiger partial charge in [-0.2, -0.15) is 0 Å². The van der Waals surface area contributed by atoms with Gasteiger partial charge in [0.05, 0.1) is 0 Å². The van der Waals surface area contributed by atoms with Crippen molar-refractivity contribution in [3.8, 4) is 0 Å². The van der Waals surface area contributed by atoms with Crippen LogP contribution in [-0.2, 0) is 11.2 Å². The monoisotopic (exact) mass is 580 g/mol. The molecular formula is C32H45ClN6O2. The quantitative estimate of drug-likeness (QED) is 0.261. The molecule has 4 rings (SSSR count). The van der Waals surface area contributed by atoms with Crippen molar-refractivity contribution in [3.63, 3.8) is 0 Å². The summed E-state index contributed by atoms with van der Waals surface area (Å²) in [5.74, 6) is -0.143. The second-order valence-corrected chi connectivity index (χ2v) is 11.8. The van der Waals surface area contributed by atoms with Crippen LogP contribution in [-0.4, -0.2) is 86.1 Å². The molecule has 1 aliphatic heterocycles. The minimum Gasteiger partial charge on any atom is -0.361 e. The van der Waals surface area contributed by atoms with Crippen molar-refractivity contribution >= 4 is 40.1 Å². The lowest BCUT2D eigenvalue weighted by Gasteiger charge is -2.38. The summed E-state index contributed by atoms with van der Waals surface area (Å²) in [4.78, 5) is 37.4. The number of aromatic nitrogens is 1. The number of halogens is 1. The number of rotatable bonds is 12. The zero-order valence-electron chi connectivity index (χ0n) is 25.0. The lowest BCUT2D eigenvalue weighted by atomic mass is 9.88. The lowest BCUT2D eigenvalue weighted by Crippen LogP contribution is -2.56. The third kappa shape index (κ3) is 7.61. The second-order valence-electron chi connectivity index (χ2n) is 11.4. The number of urea groups is 1. The molecule has 3 N–H and O–H groups in total. The summed E-state index contributed by atoms with van der Waals surface area (Å²) in [5.41, 5.74) is 3.93. The molecule has 0 radical (unpaired) electrons. The highest BCUT2D eigenvalue weighted by molar-refractivity contribution is 6.30. The average molecular weight is 581 g/mol. The smallest absolute Gasteiger partial charge is 0.315 e. The third-order valence-electron chi connectivity index (χ3n) is 8.17. The Hall–Kier alpha value is -3.07. The first-order valence-electron chi connectivity index (χ1n) is 14.8. The van der Waals surface area contributed by atoms with Crippen LogP contribution in [0.2, 0.25) is 5.02 Å². The standard InChI is InChI=1S/C32H45ClN6O2/c1-6-38(7-2)16-10-15-34-32(41)36-30(22(3)27-19-35-28-12-9-8-11-26(27)28)31(40)39-21-23(20-37(4)5)17-24-18-25(33)13-14-29(24)39/h8-9,11-14,18-19,22-23,30,35H,6-7,10,15-17,20-21H2,1-5H3,(H2,34,36,41)/t22?,23-,30?/m1/s1. The van der Waals surface area contributed by atoms with Crippen LogP contribution in [0.25, 0.3) is 10.9 Å². The van der Waals surface area contributed by atoms with Gasteiger partial charge in [-0.3, -0.25) is 4.79 Å². The van der Waals surface area contributed by atoms with Gasteiger partial charge in [0.25, 0.3) is 0 Å². The number of anilines is 1. The van der Waals surface area contributed by atoms with E-state index in [0.29, 0.717) is 18.1 Å². The summed E-state index contributed by atoms with van der Waals surface area (Å²) in [6.07, 6.45) is 3.65. The number of amides is 3. The highest BCUT2D eigenvalue weighted by Crippen LogP contribution is 2.35. The molecule has 2 unspecified atom stereocenters. The van der Waals surface area contributed by atoms with Gasteiger partial charge in [0.2, 0.25) is 5.91 Å². The van der Waals surface area contributed by atoms with E-state index in [1.54, 1.807) is 0 Å². The number of hydrogen-bond donors (Lipinski definition) is 3. The van der Waals surface area contributed by atoms with E-state index in [0.717, 1.165) is 66.7 Å². The molecule has 9 heteroatoms. The van der Waals surface area contributed by atoms with E-state index >= 15 is 0 Å². The van der Waals surface area contributed by atoms with Gasteiger partial charge in [0, 0.05) is 53.4 Å². The zero-order valence-corrected chi connectivity index (χ0v) is 25.8. The normalized spacial score (nSPS) is 16.6. The maximum absolute atomic E-state index is 14.5. The fraction of sp³-hybridized carbons (Fsp3) is 0.500. The number of carbonyl (C=O) groups is 2. The summed E-state index contributed by atoms with van der Waals surface area (Å²) < 4.78 is 0. The molecule has 8 nitrogen and oxygen atoms in total. The van der Waals surface area contributed by atoms with Crippen molar-refractivity contribution in [2.24, 2.45) is 5.92 Å². The summed E-state index contributed by atoms with van der Waals surface area (Å²) in [6, 6.07) is 12.7. The highest BCUT2D eigenvalue weighted by atomic mass is 35.5. The first kappa shape index (κ1) is 30.9. The van der Waals surface area contributed by atoms with Crippen molar-refractivity contribution in [1.29, 1.82) is 0 Å². The molecule has 0 aliphatic carbocycles. The molecule has 0 spiro atoms. The van der Waals surface area contributed by atoms with Crippen LogP contribution in [0.4, 0.5) is 10.5 Å². The summed E-state index contributed by atoms with van der Waals surface area (Å²) in [7, 11) is 4.10. The van der Waals surface area contributed by atoms with E-state index in [2.05, 4.69) is 45.3 Å². The van der Waals surface area contributed by atoms with Gasteiger partial charge in [-0.05, 0) is 87.9 Å². The number of nitrogens with one attached hydrogen (secondary N) is 3. The minimum atomic E-state index is -0.765. The number of H-pyrrole nitrogens is 1. The molecule has 41 heavy (non-hydrogen) atoms. The second kappa shape index (κ2) is 14.2. The number of hydrogen-bond acceptors (Lipinski definition) is 4. The Labute approximate surface area is 249 Å². The molecule has 0 saturated carbocycles. The molecule has 0 bridgehead atoms. The van der Waals surface area contributed by atoms with Crippen LogP contribution in [0.1, 0.15) is 44.2 Å². The predicted octanol–water partition coefficient (Wildman–Crippen LogP) is 5.09. The SMILES string of the molecule is CCN(CC)CCCNC(=O)NC(C(=O)N1C[C@@H](CN(C)C)Cc2cc(Cl)ccc21)C(C)c1c[nH]c2ccccc12. The molecule has 2 heterocycles. The number of fused-ring (bicyclic) bond motifs is 2. The van der Waals surface area contributed by atoms with Crippen molar-refractivity contribution in [3.05, 3.63) is 64.8 Å². The van der Waals surface area contributed by atoms with Crippen LogP contribution in [0.3, 0.4) is 0 Å². The van der Waals surface area contributed by atoms with Gasteiger partial charge in [-0.1, -0.05) is 50.6 Å². The van der Waals surface area contributed by atoms with Gasteiger partial charge in [0.1, 0.15) is 6.04 Å². The minimum absolute atomic E-state index is 0.117. The molecule has 0 saturated heterocycles. The van der Waals surface area contributed by atoms with Crippen LogP contribution in [0.15, 0.2) is 48.7 Å². The van der Waals surface area contributed by atoms with Crippen LogP contribution in [0, 0.1) is 5.92 Å². The number of nitrogens with zero attached hydrogens (tertiary/aromatic N) is 3. The summed E-state index contributed by atoms with van der Waals surface area (Å²) >= 11 is 6.38. The van der Waals surface area contributed by atoms with E-state index in [1.807, 2.05) is 68.5 Å². The fourth-order valence-electron chi connectivity index (χ4n) is 6.02. The Morgan fingerprint density at radius 2 is 1.90 bits per heavy atom.